The molecule has 0 amide bonds. The Morgan fingerprint density at radius 3 is 2.48 bits per heavy atom. The van der Waals surface area contributed by atoms with E-state index in [0.29, 0.717) is 25.0 Å². The molecule has 0 aromatic heterocycles. The number of aliphatic carboxylic acids is 1. The van der Waals surface area contributed by atoms with Crippen LogP contribution >= 0.6 is 0 Å². The van der Waals surface area contributed by atoms with Crippen molar-refractivity contribution in [2.24, 2.45) is 15.9 Å². The maximum Gasteiger partial charge on any atom is 0.332 e. The molecule has 1 N–H and O–H groups in total. The molecule has 0 aliphatic carbocycles. The second-order valence-corrected chi connectivity index (χ2v) is 7.03. The van der Waals surface area contributed by atoms with Crippen LogP contribution in [-0.2, 0) is 4.79 Å². The first-order valence-corrected chi connectivity index (χ1v) is 9.20. The smallest absolute Gasteiger partial charge is 0.332 e. The van der Waals surface area contributed by atoms with Crippen LogP contribution in [0.3, 0.4) is 0 Å². The molecule has 27 heavy (non-hydrogen) atoms. The maximum atomic E-state index is 11.0. The number of anilines is 1. The zero-order valence-electron chi connectivity index (χ0n) is 17.2. The molecular formula is C21H31N3O3. The lowest BCUT2D eigenvalue weighted by Crippen LogP contribution is -2.29. The lowest BCUT2D eigenvalue weighted by atomic mass is 10.0. The van der Waals surface area contributed by atoms with E-state index in [9.17, 15) is 4.79 Å². The number of carboxylic acids is 1. The molecule has 0 aliphatic rings. The second kappa shape index (κ2) is 10.5. The Bertz CT molecular complexity index is 721. The summed E-state index contributed by atoms with van der Waals surface area (Å²) in [6.45, 7) is 16.8. The van der Waals surface area contributed by atoms with Gasteiger partial charge in [-0.25, -0.2) is 14.8 Å². The molecule has 0 bridgehead atoms. The Hall–Kier alpha value is -2.63. The van der Waals surface area contributed by atoms with Crippen LogP contribution in [0.15, 0.2) is 40.0 Å². The molecule has 0 unspecified atom stereocenters. The van der Waals surface area contributed by atoms with Gasteiger partial charge in [-0.15, -0.1) is 0 Å². The van der Waals surface area contributed by atoms with Gasteiger partial charge in [-0.3, -0.25) is 0 Å². The Balaban J connectivity index is 3.28. The summed E-state index contributed by atoms with van der Waals surface area (Å²) in [5.74, 6) is 0.953. The number of rotatable bonds is 8. The molecule has 148 valence electrons. The van der Waals surface area contributed by atoms with Crippen molar-refractivity contribution in [3.8, 4) is 5.75 Å². The zero-order valence-corrected chi connectivity index (χ0v) is 17.2. The van der Waals surface area contributed by atoms with Gasteiger partial charge in [-0.2, -0.15) is 0 Å². The van der Waals surface area contributed by atoms with E-state index in [1.165, 1.54) is 13.1 Å². The summed E-state index contributed by atoms with van der Waals surface area (Å²) in [5.41, 5.74) is 2.14. The summed E-state index contributed by atoms with van der Waals surface area (Å²) in [6, 6.07) is 5.99. The fraction of sp³-hybridized carbons (Fsp3) is 0.476. The Morgan fingerprint density at radius 1 is 1.33 bits per heavy atom. The Kier molecular flexibility index (Phi) is 8.72. The van der Waals surface area contributed by atoms with E-state index in [0.717, 1.165) is 17.0 Å². The van der Waals surface area contributed by atoms with E-state index < -0.39 is 5.97 Å². The van der Waals surface area contributed by atoms with Crippen molar-refractivity contribution in [1.82, 2.24) is 0 Å². The van der Waals surface area contributed by atoms with Gasteiger partial charge in [0.25, 0.3) is 0 Å². The number of benzene rings is 1. The van der Waals surface area contributed by atoms with Crippen LogP contribution < -0.4 is 9.64 Å². The van der Waals surface area contributed by atoms with Crippen molar-refractivity contribution < 1.29 is 14.6 Å². The van der Waals surface area contributed by atoms with Gasteiger partial charge in [0, 0.05) is 18.4 Å². The van der Waals surface area contributed by atoms with Crippen molar-refractivity contribution in [1.29, 1.82) is 0 Å². The Morgan fingerprint density at radius 2 is 2.00 bits per heavy atom. The lowest BCUT2D eigenvalue weighted by molar-refractivity contribution is -0.132. The molecule has 0 aliphatic heterocycles. The fourth-order valence-electron chi connectivity index (χ4n) is 2.39. The average Bonchev–Trinajstić information content (AvgIpc) is 2.62. The van der Waals surface area contributed by atoms with Crippen LogP contribution in [0.1, 0.15) is 53.0 Å². The summed E-state index contributed by atoms with van der Waals surface area (Å²) in [6.07, 6.45) is 1.29. The molecule has 1 aromatic rings. The van der Waals surface area contributed by atoms with E-state index in [2.05, 4.69) is 50.5 Å². The quantitative estimate of drug-likeness (QED) is 0.407. The van der Waals surface area contributed by atoms with Gasteiger partial charge >= 0.3 is 5.97 Å². The summed E-state index contributed by atoms with van der Waals surface area (Å²) in [4.78, 5) is 21.0. The number of ether oxygens (including phenoxy) is 1. The van der Waals surface area contributed by atoms with Crippen molar-refractivity contribution >= 4 is 24.3 Å². The highest BCUT2D eigenvalue weighted by Gasteiger charge is 2.15. The van der Waals surface area contributed by atoms with Crippen LogP contribution in [0.5, 0.6) is 5.75 Å². The summed E-state index contributed by atoms with van der Waals surface area (Å²) in [7, 11) is 0. The summed E-state index contributed by atoms with van der Waals surface area (Å²) in [5, 5.41) is 8.99. The first kappa shape index (κ1) is 22.4. The van der Waals surface area contributed by atoms with Crippen molar-refractivity contribution in [3.05, 3.63) is 35.5 Å². The fourth-order valence-corrected chi connectivity index (χ4v) is 2.39. The molecule has 1 aromatic carbocycles. The van der Waals surface area contributed by atoms with Crippen LogP contribution in [0, 0.1) is 5.92 Å². The van der Waals surface area contributed by atoms with Crippen LogP contribution in [0.2, 0.25) is 0 Å². The second-order valence-electron chi connectivity index (χ2n) is 7.03. The predicted octanol–water partition coefficient (Wildman–Crippen LogP) is 4.72. The minimum absolute atomic E-state index is 0.132. The minimum atomic E-state index is -1.01. The van der Waals surface area contributed by atoms with Crippen molar-refractivity contribution in [2.75, 3.05) is 18.1 Å². The van der Waals surface area contributed by atoms with Crippen LogP contribution in [-0.4, -0.2) is 36.9 Å². The molecule has 0 fully saturated rings. The van der Waals surface area contributed by atoms with E-state index in [1.807, 2.05) is 24.0 Å². The minimum Gasteiger partial charge on any atom is -0.493 e. The topological polar surface area (TPSA) is 74.5 Å². The molecule has 0 spiro atoms. The third kappa shape index (κ3) is 6.55. The standard InChI is InChI=1S/C21H31N3O3/c1-8-24(21(22-7)23-12-16(6)20(25)26)17-9-10-19(27-13-14(2)3)18(11-17)15(4)5/h9-12,14-15H,7-8,13H2,1-6H3,(H,25,26)/b16-12+,23-21?. The largest absolute Gasteiger partial charge is 0.493 e. The molecule has 6 nitrogen and oxygen atoms in total. The molecule has 0 saturated carbocycles. The number of nitrogens with zero attached hydrogens (tertiary/aromatic N) is 3. The van der Waals surface area contributed by atoms with Crippen LogP contribution in [0.4, 0.5) is 5.69 Å². The van der Waals surface area contributed by atoms with Gasteiger partial charge < -0.3 is 14.7 Å². The molecule has 0 heterocycles. The van der Waals surface area contributed by atoms with E-state index in [1.54, 1.807) is 0 Å². The van der Waals surface area contributed by atoms with Crippen molar-refractivity contribution in [3.63, 3.8) is 0 Å². The van der Waals surface area contributed by atoms with Gasteiger partial charge in [0.05, 0.1) is 12.2 Å². The third-order valence-electron chi connectivity index (χ3n) is 3.91. The highest BCUT2D eigenvalue weighted by molar-refractivity contribution is 5.99. The molecule has 0 saturated heterocycles. The highest BCUT2D eigenvalue weighted by atomic mass is 16.5. The number of carboxylic acid groups (broad SMARTS) is 1. The molecule has 1 rings (SSSR count). The van der Waals surface area contributed by atoms with E-state index >= 15 is 0 Å². The molecule has 6 heteroatoms. The van der Waals surface area contributed by atoms with Gasteiger partial charge in [-0.1, -0.05) is 27.7 Å². The number of hydrogen-bond donors (Lipinski definition) is 1. The monoisotopic (exact) mass is 373 g/mol. The predicted molar refractivity (Wildman–Crippen MR) is 112 cm³/mol. The van der Waals surface area contributed by atoms with Gasteiger partial charge in [0.15, 0.2) is 0 Å². The molecule has 0 radical (unpaired) electrons. The first-order chi connectivity index (χ1) is 12.7. The molecule has 0 atom stereocenters. The maximum absolute atomic E-state index is 11.0. The number of hydrogen-bond acceptors (Lipinski definition) is 3. The highest BCUT2D eigenvalue weighted by Crippen LogP contribution is 2.31. The summed E-state index contributed by atoms with van der Waals surface area (Å²) >= 11 is 0. The SMILES string of the molecule is C=NC(=N/C=C(\C)C(=O)O)N(CC)c1ccc(OCC(C)C)c(C(C)C)c1. The van der Waals surface area contributed by atoms with Gasteiger partial charge in [0.2, 0.25) is 5.96 Å². The average molecular weight is 373 g/mol. The number of aliphatic imine (C=N–C) groups is 2. The Labute approximate surface area is 162 Å². The number of guanidine groups is 1. The molecular weight excluding hydrogens is 342 g/mol. The van der Waals surface area contributed by atoms with E-state index in [-0.39, 0.29) is 11.5 Å². The van der Waals surface area contributed by atoms with E-state index in [4.69, 9.17) is 9.84 Å². The first-order valence-electron chi connectivity index (χ1n) is 9.20. The zero-order chi connectivity index (χ0) is 20.6. The number of carbonyl (C=O) groups is 1. The van der Waals surface area contributed by atoms with Gasteiger partial charge in [0.1, 0.15) is 5.75 Å². The lowest BCUT2D eigenvalue weighted by Gasteiger charge is -2.24. The van der Waals surface area contributed by atoms with Crippen molar-refractivity contribution in [2.45, 2.75) is 47.5 Å². The third-order valence-corrected chi connectivity index (χ3v) is 3.91. The van der Waals surface area contributed by atoms with Crippen LogP contribution in [0.25, 0.3) is 0 Å². The summed E-state index contributed by atoms with van der Waals surface area (Å²) < 4.78 is 5.96. The normalized spacial score (nSPS) is 12.4. The van der Waals surface area contributed by atoms with Gasteiger partial charge in [-0.05, 0) is 56.2 Å².